The molecular weight excluding hydrogens is 213 g/mol. The monoisotopic (exact) mass is 222 g/mol. The number of halogens is 3. The van der Waals surface area contributed by atoms with E-state index in [1.807, 2.05) is 0 Å². The predicted molar refractivity (Wildman–Crippen MR) is 43.7 cm³/mol. The van der Waals surface area contributed by atoms with Crippen LogP contribution in [0.4, 0.5) is 13.2 Å². The number of hydrogen-bond donors (Lipinski definition) is 1. The second-order valence-corrected chi connectivity index (χ2v) is 2.73. The molecule has 1 heterocycles. The molecule has 0 atom stereocenters. The molecule has 1 rings (SSSR count). The summed E-state index contributed by atoms with van der Waals surface area (Å²) >= 11 is 0. The topological polar surface area (TPSA) is 55.2 Å². The van der Waals surface area contributed by atoms with Crippen molar-refractivity contribution in [2.24, 2.45) is 0 Å². The lowest BCUT2D eigenvalue weighted by atomic mass is 10.4. The van der Waals surface area contributed by atoms with Crippen molar-refractivity contribution in [3.05, 3.63) is 23.8 Å². The molecular formula is C8H9F3N2O2. The lowest BCUT2D eigenvalue weighted by Gasteiger charge is -2.06. The van der Waals surface area contributed by atoms with Gasteiger partial charge in [-0.3, -0.25) is 0 Å². The normalized spacial score (nSPS) is 11.7. The molecule has 0 spiro atoms. The van der Waals surface area contributed by atoms with E-state index in [1.165, 1.54) is 12.3 Å². The number of aliphatic hydroxyl groups is 1. The van der Waals surface area contributed by atoms with Gasteiger partial charge in [0.05, 0.1) is 12.3 Å². The predicted octanol–water partition coefficient (Wildman–Crippen LogP) is 1.05. The molecule has 0 bridgehead atoms. The van der Waals surface area contributed by atoms with E-state index in [9.17, 15) is 13.2 Å². The van der Waals surface area contributed by atoms with Crippen molar-refractivity contribution in [1.29, 1.82) is 0 Å². The maximum Gasteiger partial charge on any atom is 0.411 e. The zero-order valence-electron chi connectivity index (χ0n) is 7.66. The fraction of sp³-hybridized carbons (Fsp3) is 0.500. The quantitative estimate of drug-likeness (QED) is 0.827. The van der Waals surface area contributed by atoms with Crippen LogP contribution in [-0.2, 0) is 18.0 Å². The molecule has 0 saturated carbocycles. The summed E-state index contributed by atoms with van der Waals surface area (Å²) in [6, 6.07) is 1.47. The zero-order valence-corrected chi connectivity index (χ0v) is 7.66. The fourth-order valence-electron chi connectivity index (χ4n) is 0.857. The Balaban J connectivity index is 2.44. The number of rotatable bonds is 4. The molecule has 1 N–H and O–H groups in total. The fourth-order valence-corrected chi connectivity index (χ4v) is 0.857. The average Bonchev–Trinajstić information content (AvgIpc) is 2.16. The van der Waals surface area contributed by atoms with E-state index in [-0.39, 0.29) is 19.0 Å². The maximum absolute atomic E-state index is 11.7. The van der Waals surface area contributed by atoms with Crippen molar-refractivity contribution < 1.29 is 23.0 Å². The van der Waals surface area contributed by atoms with Crippen LogP contribution in [0.1, 0.15) is 11.5 Å². The second kappa shape index (κ2) is 5.04. The Labute approximate surface area is 83.7 Å². The van der Waals surface area contributed by atoms with Crippen LogP contribution in [0.2, 0.25) is 0 Å². The molecule has 7 heteroatoms. The van der Waals surface area contributed by atoms with Gasteiger partial charge in [-0.05, 0) is 6.07 Å². The Morgan fingerprint density at radius 3 is 2.73 bits per heavy atom. The van der Waals surface area contributed by atoms with Gasteiger partial charge in [0.1, 0.15) is 13.2 Å². The van der Waals surface area contributed by atoms with E-state index in [2.05, 4.69) is 14.7 Å². The van der Waals surface area contributed by atoms with Crippen LogP contribution in [0.3, 0.4) is 0 Å². The van der Waals surface area contributed by atoms with Gasteiger partial charge in [-0.25, -0.2) is 9.97 Å². The smallest absolute Gasteiger partial charge is 0.390 e. The van der Waals surface area contributed by atoms with E-state index in [0.29, 0.717) is 5.69 Å². The molecule has 0 unspecified atom stereocenters. The first-order chi connectivity index (χ1) is 7.01. The Kier molecular flexibility index (Phi) is 3.98. The number of aliphatic hydroxyl groups excluding tert-OH is 1. The van der Waals surface area contributed by atoms with Crippen LogP contribution in [0, 0.1) is 0 Å². The van der Waals surface area contributed by atoms with Gasteiger partial charge in [-0.15, -0.1) is 0 Å². The van der Waals surface area contributed by atoms with Crippen molar-refractivity contribution in [3.63, 3.8) is 0 Å². The van der Waals surface area contributed by atoms with Gasteiger partial charge in [0.2, 0.25) is 0 Å². The van der Waals surface area contributed by atoms with Crippen molar-refractivity contribution >= 4 is 0 Å². The summed E-state index contributed by atoms with van der Waals surface area (Å²) in [6.45, 7) is -1.94. The Morgan fingerprint density at radius 2 is 2.13 bits per heavy atom. The van der Waals surface area contributed by atoms with Gasteiger partial charge in [0.15, 0.2) is 5.82 Å². The highest BCUT2D eigenvalue weighted by Gasteiger charge is 2.27. The van der Waals surface area contributed by atoms with Crippen LogP contribution in [0.25, 0.3) is 0 Å². The van der Waals surface area contributed by atoms with Crippen molar-refractivity contribution in [3.8, 4) is 0 Å². The van der Waals surface area contributed by atoms with Gasteiger partial charge in [0.25, 0.3) is 0 Å². The SMILES string of the molecule is OCc1ccnc(COCC(F)(F)F)n1. The lowest BCUT2D eigenvalue weighted by Crippen LogP contribution is -2.17. The summed E-state index contributed by atoms with van der Waals surface area (Å²) in [5, 5.41) is 8.71. The third kappa shape index (κ3) is 4.71. The molecule has 1 aromatic rings. The molecule has 0 aliphatic carbocycles. The third-order valence-corrected chi connectivity index (χ3v) is 1.42. The molecule has 0 saturated heterocycles. The highest BCUT2D eigenvalue weighted by Crippen LogP contribution is 2.14. The number of ether oxygens (including phenoxy) is 1. The number of nitrogens with zero attached hydrogens (tertiary/aromatic N) is 2. The van der Waals surface area contributed by atoms with Crippen LogP contribution in [-0.4, -0.2) is 27.9 Å². The van der Waals surface area contributed by atoms with Gasteiger partial charge in [-0.2, -0.15) is 13.2 Å². The van der Waals surface area contributed by atoms with Gasteiger partial charge in [-0.1, -0.05) is 0 Å². The van der Waals surface area contributed by atoms with E-state index in [4.69, 9.17) is 5.11 Å². The molecule has 15 heavy (non-hydrogen) atoms. The number of alkyl halides is 3. The van der Waals surface area contributed by atoms with Crippen LogP contribution in [0.15, 0.2) is 12.3 Å². The van der Waals surface area contributed by atoms with E-state index in [1.54, 1.807) is 0 Å². The molecule has 1 aromatic heterocycles. The zero-order chi connectivity index (χ0) is 11.3. The average molecular weight is 222 g/mol. The molecule has 0 aliphatic heterocycles. The van der Waals surface area contributed by atoms with Crippen LogP contribution < -0.4 is 0 Å². The maximum atomic E-state index is 11.7. The molecule has 0 aromatic carbocycles. The van der Waals surface area contributed by atoms with Crippen LogP contribution in [0.5, 0.6) is 0 Å². The van der Waals surface area contributed by atoms with Gasteiger partial charge >= 0.3 is 6.18 Å². The van der Waals surface area contributed by atoms with Gasteiger partial charge < -0.3 is 9.84 Å². The second-order valence-electron chi connectivity index (χ2n) is 2.73. The summed E-state index contributed by atoms with van der Waals surface area (Å²) in [4.78, 5) is 7.45. The third-order valence-electron chi connectivity index (χ3n) is 1.42. The van der Waals surface area contributed by atoms with Crippen molar-refractivity contribution in [2.75, 3.05) is 6.61 Å². The number of hydrogen-bond acceptors (Lipinski definition) is 4. The molecule has 0 aliphatic rings. The summed E-state index contributed by atoms with van der Waals surface area (Å²) in [7, 11) is 0. The molecule has 4 nitrogen and oxygen atoms in total. The summed E-state index contributed by atoms with van der Waals surface area (Å²) < 4.78 is 39.4. The standard InChI is InChI=1S/C8H9F3N2O2/c9-8(10,11)5-15-4-7-12-2-1-6(3-14)13-7/h1-2,14H,3-5H2. The highest BCUT2D eigenvalue weighted by atomic mass is 19.4. The van der Waals surface area contributed by atoms with E-state index < -0.39 is 12.8 Å². The van der Waals surface area contributed by atoms with Gasteiger partial charge in [0, 0.05) is 6.20 Å². The van der Waals surface area contributed by atoms with Crippen molar-refractivity contribution in [2.45, 2.75) is 19.4 Å². The Bertz CT molecular complexity index is 317. The highest BCUT2D eigenvalue weighted by molar-refractivity contribution is 5.00. The summed E-state index contributed by atoms with van der Waals surface area (Å²) in [5.41, 5.74) is 0.343. The number of aromatic nitrogens is 2. The molecule has 0 amide bonds. The molecule has 84 valence electrons. The first-order valence-electron chi connectivity index (χ1n) is 4.07. The molecule has 0 fully saturated rings. The minimum absolute atomic E-state index is 0.116. The Morgan fingerprint density at radius 1 is 1.40 bits per heavy atom. The first kappa shape index (κ1) is 11.9. The van der Waals surface area contributed by atoms with Crippen LogP contribution >= 0.6 is 0 Å². The largest absolute Gasteiger partial charge is 0.411 e. The molecule has 0 radical (unpaired) electrons. The minimum Gasteiger partial charge on any atom is -0.390 e. The summed E-state index contributed by atoms with van der Waals surface area (Å²) in [6.07, 6.45) is -3.00. The Hall–Kier alpha value is -1.21. The first-order valence-corrected chi connectivity index (χ1v) is 4.07. The van der Waals surface area contributed by atoms with E-state index in [0.717, 1.165) is 0 Å². The summed E-state index contributed by atoms with van der Waals surface area (Å²) in [5.74, 6) is 0.116. The van der Waals surface area contributed by atoms with E-state index >= 15 is 0 Å². The minimum atomic E-state index is -4.35. The van der Waals surface area contributed by atoms with Crippen molar-refractivity contribution in [1.82, 2.24) is 9.97 Å². The lowest BCUT2D eigenvalue weighted by molar-refractivity contribution is -0.177.